The first kappa shape index (κ1) is 15.4. The van der Waals surface area contributed by atoms with Gasteiger partial charge in [0.05, 0.1) is 13.2 Å². The van der Waals surface area contributed by atoms with Gasteiger partial charge in [0.2, 0.25) is 5.91 Å². The van der Waals surface area contributed by atoms with Crippen LogP contribution in [0.1, 0.15) is 6.92 Å². The monoisotopic (exact) mass is 279 g/mol. The average molecular weight is 279 g/mol. The summed E-state index contributed by atoms with van der Waals surface area (Å²) in [5, 5.41) is 32.4. The maximum atomic E-state index is 11.0. The van der Waals surface area contributed by atoms with Crippen molar-refractivity contribution in [3.8, 4) is 0 Å². The van der Waals surface area contributed by atoms with E-state index in [9.17, 15) is 15.0 Å². The van der Waals surface area contributed by atoms with Crippen LogP contribution in [0.4, 0.5) is 0 Å². The van der Waals surface area contributed by atoms with Crippen molar-refractivity contribution < 1.29 is 29.6 Å². The Labute approximate surface area is 110 Å². The lowest BCUT2D eigenvalue weighted by Crippen LogP contribution is -2.64. The van der Waals surface area contributed by atoms with Crippen molar-refractivity contribution in [3.05, 3.63) is 0 Å². The van der Waals surface area contributed by atoms with Gasteiger partial charge in [-0.1, -0.05) is 12.2 Å². The minimum absolute atomic E-state index is 0.0804. The molecule has 8 heteroatoms. The van der Waals surface area contributed by atoms with Crippen molar-refractivity contribution in [2.75, 3.05) is 13.2 Å². The van der Waals surface area contributed by atoms with Crippen LogP contribution in [0.5, 0.6) is 0 Å². The predicted octanol–water partition coefficient (Wildman–Crippen LogP) is -2.05. The van der Waals surface area contributed by atoms with Gasteiger partial charge in [-0.25, -0.2) is 0 Å². The van der Waals surface area contributed by atoms with Crippen LogP contribution < -0.4 is 5.32 Å². The Hall–Kier alpha value is -0.640. The Balaban J connectivity index is 2.79. The zero-order chi connectivity index (χ0) is 13.7. The fraction of sp³-hybridized carbons (Fsp3) is 0.800. The van der Waals surface area contributed by atoms with Gasteiger partial charge in [-0.2, -0.15) is 0 Å². The molecule has 18 heavy (non-hydrogen) atoms. The Morgan fingerprint density at radius 1 is 1.50 bits per heavy atom. The molecule has 5 atom stereocenters. The maximum absolute atomic E-state index is 11.0. The molecular weight excluding hydrogens is 262 g/mol. The highest BCUT2D eigenvalue weighted by Crippen LogP contribution is 2.21. The summed E-state index contributed by atoms with van der Waals surface area (Å²) in [5.41, 5.74) is 0. The second-order valence-corrected chi connectivity index (χ2v) is 4.27. The summed E-state index contributed by atoms with van der Waals surface area (Å²) in [6.07, 6.45) is -4.56. The van der Waals surface area contributed by atoms with Gasteiger partial charge < -0.3 is 30.1 Å². The molecule has 0 aromatic heterocycles. The van der Waals surface area contributed by atoms with Crippen LogP contribution in [0.25, 0.3) is 0 Å². The quantitative estimate of drug-likeness (QED) is 0.429. The summed E-state index contributed by atoms with van der Waals surface area (Å²) < 4.78 is 10.5. The van der Waals surface area contributed by atoms with E-state index in [-0.39, 0.29) is 6.61 Å². The van der Waals surface area contributed by atoms with E-state index < -0.39 is 43.2 Å². The summed E-state index contributed by atoms with van der Waals surface area (Å²) in [6.45, 7) is 0.882. The van der Waals surface area contributed by atoms with Gasteiger partial charge in [-0.15, -0.1) is 0 Å². The number of hydrogen-bond acceptors (Lipinski definition) is 7. The highest BCUT2D eigenvalue weighted by Gasteiger charge is 2.45. The molecule has 1 amide bonds. The van der Waals surface area contributed by atoms with Crippen molar-refractivity contribution in [1.29, 1.82) is 0 Å². The summed E-state index contributed by atoms with van der Waals surface area (Å²) in [5.74, 6) is -0.395. The summed E-state index contributed by atoms with van der Waals surface area (Å²) in [6, 6.07) is -0.921. The molecule has 1 fully saturated rings. The molecule has 1 saturated heterocycles. The normalized spacial score (nSPS) is 36.1. The molecule has 0 aromatic carbocycles. The van der Waals surface area contributed by atoms with E-state index in [0.29, 0.717) is 0 Å². The van der Waals surface area contributed by atoms with Gasteiger partial charge >= 0.3 is 0 Å². The molecule has 4 N–H and O–H groups in total. The standard InChI is InChI=1S/C10H17NO6S/c1-5(13)11-7-9(15)8(14)6(4-12)17-10(7)16-2-3-18/h3,6-10,12,14-15H,2,4H2,1H3,(H,11,13)/t6-,7-,8-,9-,10-/m1/s1. The number of amides is 1. The highest BCUT2D eigenvalue weighted by molar-refractivity contribution is 7.79. The summed E-state index contributed by atoms with van der Waals surface area (Å²) in [7, 11) is 0. The van der Waals surface area contributed by atoms with Crippen molar-refractivity contribution in [2.24, 2.45) is 0 Å². The number of carbonyl (C=O) groups is 1. The van der Waals surface area contributed by atoms with E-state index in [0.717, 1.165) is 0 Å². The lowest BCUT2D eigenvalue weighted by Gasteiger charge is -2.41. The fourth-order valence-corrected chi connectivity index (χ4v) is 1.83. The zero-order valence-electron chi connectivity index (χ0n) is 9.85. The third-order valence-corrected chi connectivity index (χ3v) is 2.72. The van der Waals surface area contributed by atoms with E-state index in [1.165, 1.54) is 12.3 Å². The summed E-state index contributed by atoms with van der Waals surface area (Å²) >= 11 is 4.60. The van der Waals surface area contributed by atoms with Crippen LogP contribution in [0.3, 0.4) is 0 Å². The first-order chi connectivity index (χ1) is 8.51. The molecule has 7 nitrogen and oxygen atoms in total. The van der Waals surface area contributed by atoms with Crippen LogP contribution in [0.2, 0.25) is 0 Å². The van der Waals surface area contributed by atoms with E-state index >= 15 is 0 Å². The first-order valence-corrected chi connectivity index (χ1v) is 5.93. The number of nitrogens with one attached hydrogen (secondary N) is 1. The van der Waals surface area contributed by atoms with E-state index in [1.807, 2.05) is 0 Å². The number of carbonyl (C=O) groups excluding carboxylic acids is 1. The first-order valence-electron chi connectivity index (χ1n) is 5.46. The Bertz CT molecular complexity index is 302. The van der Waals surface area contributed by atoms with Crippen molar-refractivity contribution in [3.63, 3.8) is 0 Å². The van der Waals surface area contributed by atoms with Crippen LogP contribution >= 0.6 is 12.2 Å². The average Bonchev–Trinajstić information content (AvgIpc) is 2.33. The number of thiocarbonyl (C=S) groups is 1. The number of ether oxygens (including phenoxy) is 2. The Kier molecular flexibility index (Phi) is 6.06. The smallest absolute Gasteiger partial charge is 0.217 e. The van der Waals surface area contributed by atoms with Gasteiger partial charge in [0, 0.05) is 12.3 Å². The lowest BCUT2D eigenvalue weighted by molar-refractivity contribution is -0.265. The van der Waals surface area contributed by atoms with Gasteiger partial charge in [-0.05, 0) is 0 Å². The van der Waals surface area contributed by atoms with E-state index in [4.69, 9.17) is 14.6 Å². The second kappa shape index (κ2) is 7.07. The van der Waals surface area contributed by atoms with Gasteiger partial charge in [0.1, 0.15) is 24.4 Å². The second-order valence-electron chi connectivity index (χ2n) is 3.93. The molecular formula is C10H17NO6S. The number of rotatable bonds is 5. The molecule has 1 heterocycles. The molecule has 104 valence electrons. The summed E-state index contributed by atoms with van der Waals surface area (Å²) in [4.78, 5) is 11.0. The lowest BCUT2D eigenvalue weighted by atomic mass is 9.97. The van der Waals surface area contributed by atoms with Crippen LogP contribution in [-0.4, -0.2) is 70.5 Å². The fourth-order valence-electron chi connectivity index (χ4n) is 1.75. The van der Waals surface area contributed by atoms with Gasteiger partial charge in [0.15, 0.2) is 6.29 Å². The molecule has 0 spiro atoms. The van der Waals surface area contributed by atoms with Gasteiger partial charge in [0.25, 0.3) is 0 Å². The number of hydrogen-bond donors (Lipinski definition) is 4. The molecule has 0 saturated carbocycles. The molecule has 1 aliphatic rings. The minimum atomic E-state index is -1.31. The maximum Gasteiger partial charge on any atom is 0.217 e. The molecule has 0 aliphatic carbocycles. The largest absolute Gasteiger partial charge is 0.394 e. The van der Waals surface area contributed by atoms with Crippen LogP contribution in [-0.2, 0) is 14.3 Å². The molecule has 0 radical (unpaired) electrons. The zero-order valence-corrected chi connectivity index (χ0v) is 10.7. The van der Waals surface area contributed by atoms with Crippen LogP contribution in [0.15, 0.2) is 0 Å². The van der Waals surface area contributed by atoms with Crippen molar-refractivity contribution in [1.82, 2.24) is 5.32 Å². The molecule has 1 aliphatic heterocycles. The third kappa shape index (κ3) is 3.67. The molecule has 1 rings (SSSR count). The number of aliphatic hydroxyl groups excluding tert-OH is 3. The van der Waals surface area contributed by atoms with E-state index in [2.05, 4.69) is 17.5 Å². The predicted molar refractivity (Wildman–Crippen MR) is 65.0 cm³/mol. The Morgan fingerprint density at radius 2 is 2.17 bits per heavy atom. The van der Waals surface area contributed by atoms with Gasteiger partial charge in [-0.3, -0.25) is 4.79 Å². The SMILES string of the molecule is CC(=O)N[C@H]1[C@H](OCC=S)O[C@H](CO)[C@@H](O)[C@@H]1O. The van der Waals surface area contributed by atoms with E-state index in [1.54, 1.807) is 0 Å². The topological polar surface area (TPSA) is 108 Å². The van der Waals surface area contributed by atoms with Crippen molar-refractivity contribution >= 4 is 23.5 Å². The molecule has 0 unspecified atom stereocenters. The number of aliphatic hydroxyl groups is 3. The highest BCUT2D eigenvalue weighted by atomic mass is 32.1. The van der Waals surface area contributed by atoms with Crippen LogP contribution in [0, 0.1) is 0 Å². The Morgan fingerprint density at radius 3 is 2.67 bits per heavy atom. The molecule has 0 bridgehead atoms. The minimum Gasteiger partial charge on any atom is -0.394 e. The molecule has 0 aromatic rings. The van der Waals surface area contributed by atoms with Crippen molar-refractivity contribution in [2.45, 2.75) is 37.6 Å². The third-order valence-electron chi connectivity index (χ3n) is 2.58.